The van der Waals surface area contributed by atoms with Crippen molar-refractivity contribution in [3.63, 3.8) is 0 Å². The Bertz CT molecular complexity index is 118. The van der Waals surface area contributed by atoms with Crippen molar-refractivity contribution in [1.82, 2.24) is 0 Å². The van der Waals surface area contributed by atoms with Gasteiger partial charge in [0.25, 0.3) is 0 Å². The minimum absolute atomic E-state index is 0.000185. The summed E-state index contributed by atoms with van der Waals surface area (Å²) in [5.74, 6) is 0.213. The Labute approximate surface area is 68.0 Å². The van der Waals surface area contributed by atoms with Gasteiger partial charge in [-0.15, -0.1) is 0 Å². The number of carbonyl (C=O) groups is 2. The van der Waals surface area contributed by atoms with Crippen LogP contribution in [0.3, 0.4) is 0 Å². The molecular formula is C9H16O2. The van der Waals surface area contributed by atoms with Crippen molar-refractivity contribution < 1.29 is 9.59 Å². The molecule has 0 aromatic rings. The van der Waals surface area contributed by atoms with E-state index in [-0.39, 0.29) is 17.8 Å². The second-order valence-electron chi connectivity index (χ2n) is 3.06. The van der Waals surface area contributed by atoms with E-state index in [1.54, 1.807) is 0 Å². The van der Waals surface area contributed by atoms with Crippen molar-refractivity contribution in [3.05, 3.63) is 0 Å². The first kappa shape index (κ1) is 10.3. The van der Waals surface area contributed by atoms with Gasteiger partial charge in [-0.2, -0.15) is 0 Å². The molecule has 0 aliphatic carbocycles. The maximum absolute atomic E-state index is 10.4. The van der Waals surface area contributed by atoms with Crippen molar-refractivity contribution in [2.24, 2.45) is 17.8 Å². The Morgan fingerprint density at radius 1 is 1.09 bits per heavy atom. The van der Waals surface area contributed by atoms with E-state index in [9.17, 15) is 9.59 Å². The van der Waals surface area contributed by atoms with Crippen molar-refractivity contribution in [1.29, 1.82) is 0 Å². The third-order valence-corrected chi connectivity index (χ3v) is 2.25. The molecule has 0 aromatic carbocycles. The summed E-state index contributed by atoms with van der Waals surface area (Å²) >= 11 is 0. The van der Waals surface area contributed by atoms with Gasteiger partial charge >= 0.3 is 0 Å². The van der Waals surface area contributed by atoms with Crippen molar-refractivity contribution in [2.75, 3.05) is 0 Å². The maximum Gasteiger partial charge on any atom is 0.123 e. The second kappa shape index (κ2) is 5.05. The Morgan fingerprint density at radius 3 is 1.64 bits per heavy atom. The zero-order valence-electron chi connectivity index (χ0n) is 7.41. The Kier molecular flexibility index (Phi) is 4.75. The third kappa shape index (κ3) is 2.83. The van der Waals surface area contributed by atoms with E-state index in [1.165, 1.54) is 0 Å². The van der Waals surface area contributed by atoms with Crippen LogP contribution in [0.4, 0.5) is 0 Å². The van der Waals surface area contributed by atoms with Gasteiger partial charge in [0.05, 0.1) is 0 Å². The molecule has 2 unspecified atom stereocenters. The second-order valence-corrected chi connectivity index (χ2v) is 3.06. The largest absolute Gasteiger partial charge is 0.303 e. The fraction of sp³-hybridized carbons (Fsp3) is 0.778. The van der Waals surface area contributed by atoms with Crippen LogP contribution in [0.2, 0.25) is 0 Å². The van der Waals surface area contributed by atoms with Crippen molar-refractivity contribution in [2.45, 2.75) is 27.2 Å². The van der Waals surface area contributed by atoms with Crippen LogP contribution in [-0.4, -0.2) is 12.6 Å². The summed E-state index contributed by atoms with van der Waals surface area (Å²) in [6, 6.07) is 0. The lowest BCUT2D eigenvalue weighted by molar-refractivity contribution is -0.115. The molecule has 0 spiro atoms. The molecule has 2 heteroatoms. The van der Waals surface area contributed by atoms with E-state index in [4.69, 9.17) is 0 Å². The highest BCUT2D eigenvalue weighted by molar-refractivity contribution is 5.58. The van der Waals surface area contributed by atoms with Gasteiger partial charge in [0.15, 0.2) is 0 Å². The lowest BCUT2D eigenvalue weighted by Crippen LogP contribution is -2.20. The average Bonchev–Trinajstić information content (AvgIpc) is 2.05. The molecule has 0 rings (SSSR count). The molecule has 0 bridgehead atoms. The number of carbonyl (C=O) groups excluding carboxylic acids is 2. The molecule has 0 heterocycles. The molecule has 0 saturated heterocycles. The lowest BCUT2D eigenvalue weighted by Gasteiger charge is -2.20. The van der Waals surface area contributed by atoms with Gasteiger partial charge in [-0.3, -0.25) is 0 Å². The highest BCUT2D eigenvalue weighted by Crippen LogP contribution is 2.21. The highest BCUT2D eigenvalue weighted by atomic mass is 16.1. The molecule has 0 aromatic heterocycles. The monoisotopic (exact) mass is 156 g/mol. The SMILES string of the molecule is CCC(C(C)C=O)C(C)C=O. The molecule has 2 nitrogen and oxygen atoms in total. The molecule has 64 valence electrons. The van der Waals surface area contributed by atoms with Crippen LogP contribution < -0.4 is 0 Å². The van der Waals surface area contributed by atoms with Crippen LogP contribution in [-0.2, 0) is 9.59 Å². The summed E-state index contributed by atoms with van der Waals surface area (Å²) in [7, 11) is 0. The quantitative estimate of drug-likeness (QED) is 0.567. The van der Waals surface area contributed by atoms with Gasteiger partial charge in [-0.05, 0) is 5.92 Å². The van der Waals surface area contributed by atoms with Gasteiger partial charge in [-0.25, -0.2) is 0 Å². The molecule has 0 aliphatic heterocycles. The van der Waals surface area contributed by atoms with Gasteiger partial charge in [0.2, 0.25) is 0 Å². The van der Waals surface area contributed by atoms with Crippen LogP contribution in [0.15, 0.2) is 0 Å². The molecule has 0 amide bonds. The van der Waals surface area contributed by atoms with Crippen molar-refractivity contribution in [3.8, 4) is 0 Å². The van der Waals surface area contributed by atoms with E-state index >= 15 is 0 Å². The first-order chi connectivity index (χ1) is 5.17. The van der Waals surface area contributed by atoms with E-state index in [0.29, 0.717) is 0 Å². The summed E-state index contributed by atoms with van der Waals surface area (Å²) in [4.78, 5) is 20.8. The Balaban J connectivity index is 4.13. The standard InChI is InChI=1S/C9H16O2/c1-4-9(7(2)5-10)8(3)6-11/h5-9H,4H2,1-3H3. The van der Waals surface area contributed by atoms with Crippen LogP contribution in [0.5, 0.6) is 0 Å². The molecule has 0 saturated carbocycles. The number of rotatable bonds is 5. The molecule has 0 aliphatic rings. The van der Waals surface area contributed by atoms with E-state index in [1.807, 2.05) is 20.8 Å². The summed E-state index contributed by atoms with van der Waals surface area (Å²) in [5.41, 5.74) is 0. The van der Waals surface area contributed by atoms with Crippen LogP contribution in [0, 0.1) is 17.8 Å². The molecular weight excluding hydrogens is 140 g/mol. The first-order valence-corrected chi connectivity index (χ1v) is 4.07. The molecule has 11 heavy (non-hydrogen) atoms. The zero-order valence-corrected chi connectivity index (χ0v) is 7.41. The van der Waals surface area contributed by atoms with Crippen LogP contribution >= 0.6 is 0 Å². The fourth-order valence-electron chi connectivity index (χ4n) is 1.42. The lowest BCUT2D eigenvalue weighted by atomic mass is 9.83. The molecule has 0 fully saturated rings. The van der Waals surface area contributed by atoms with Gasteiger partial charge in [0, 0.05) is 11.8 Å². The van der Waals surface area contributed by atoms with Gasteiger partial charge < -0.3 is 9.59 Å². The molecule has 0 radical (unpaired) electrons. The normalized spacial score (nSPS) is 18.5. The summed E-state index contributed by atoms with van der Waals surface area (Å²) in [6.07, 6.45) is 2.74. The van der Waals surface area contributed by atoms with Gasteiger partial charge in [0.1, 0.15) is 12.6 Å². The first-order valence-electron chi connectivity index (χ1n) is 4.07. The highest BCUT2D eigenvalue weighted by Gasteiger charge is 2.20. The summed E-state index contributed by atoms with van der Waals surface area (Å²) in [5, 5.41) is 0. The average molecular weight is 156 g/mol. The van der Waals surface area contributed by atoms with Crippen molar-refractivity contribution >= 4 is 12.6 Å². The van der Waals surface area contributed by atoms with E-state index in [0.717, 1.165) is 19.0 Å². The topological polar surface area (TPSA) is 34.1 Å². The summed E-state index contributed by atoms with van der Waals surface area (Å²) in [6.45, 7) is 5.73. The predicted molar refractivity (Wildman–Crippen MR) is 44.2 cm³/mol. The number of aldehydes is 2. The third-order valence-electron chi connectivity index (χ3n) is 2.25. The number of hydrogen-bond donors (Lipinski definition) is 0. The van der Waals surface area contributed by atoms with Crippen LogP contribution in [0.25, 0.3) is 0 Å². The fourth-order valence-corrected chi connectivity index (χ4v) is 1.42. The maximum atomic E-state index is 10.4. The smallest absolute Gasteiger partial charge is 0.123 e. The molecule has 2 atom stereocenters. The minimum Gasteiger partial charge on any atom is -0.303 e. The van der Waals surface area contributed by atoms with Gasteiger partial charge in [-0.1, -0.05) is 27.2 Å². The Hall–Kier alpha value is -0.660. The summed E-state index contributed by atoms with van der Waals surface area (Å²) < 4.78 is 0. The predicted octanol–water partition coefficient (Wildman–Crippen LogP) is 1.68. The minimum atomic E-state index is 0.000185. The number of hydrogen-bond acceptors (Lipinski definition) is 2. The zero-order chi connectivity index (χ0) is 8.85. The molecule has 0 N–H and O–H groups in total. The van der Waals surface area contributed by atoms with E-state index < -0.39 is 0 Å². The Morgan fingerprint density at radius 2 is 1.45 bits per heavy atom. The van der Waals surface area contributed by atoms with Crippen LogP contribution in [0.1, 0.15) is 27.2 Å². The van der Waals surface area contributed by atoms with E-state index in [2.05, 4.69) is 0 Å².